The van der Waals surface area contributed by atoms with E-state index in [-0.39, 0.29) is 35.6 Å². The van der Waals surface area contributed by atoms with Crippen LogP contribution >= 0.6 is 0 Å². The summed E-state index contributed by atoms with van der Waals surface area (Å²) in [5.74, 6) is 0.517. The lowest BCUT2D eigenvalue weighted by molar-refractivity contribution is -0.147. The van der Waals surface area contributed by atoms with E-state index in [1.54, 1.807) is 6.92 Å². The van der Waals surface area contributed by atoms with Crippen LogP contribution in [-0.4, -0.2) is 34.7 Å². The number of fused-ring (bicyclic) bond motifs is 1. The predicted molar refractivity (Wildman–Crippen MR) is 84.1 cm³/mol. The molecule has 3 saturated carbocycles. The molecule has 0 aromatic rings. The maximum Gasteiger partial charge on any atom is 0.243 e. The smallest absolute Gasteiger partial charge is 0.243 e. The van der Waals surface area contributed by atoms with Crippen LogP contribution in [0.25, 0.3) is 0 Å². The monoisotopic (exact) mass is 318 g/mol. The van der Waals surface area contributed by atoms with E-state index in [4.69, 9.17) is 0 Å². The molecule has 0 bridgehead atoms. The summed E-state index contributed by atoms with van der Waals surface area (Å²) in [6, 6.07) is -0.402. The number of carbonyl (C=O) groups excluding carboxylic acids is 3. The van der Waals surface area contributed by atoms with Crippen molar-refractivity contribution in [1.82, 2.24) is 10.2 Å². The molecule has 0 radical (unpaired) electrons. The van der Waals surface area contributed by atoms with Crippen LogP contribution in [-0.2, 0) is 14.4 Å². The first-order valence-corrected chi connectivity index (χ1v) is 9.25. The molecule has 0 aromatic heterocycles. The lowest BCUT2D eigenvalue weighted by atomic mass is 9.81. The second-order valence-corrected chi connectivity index (χ2v) is 7.93. The molecule has 3 atom stereocenters. The van der Waals surface area contributed by atoms with Gasteiger partial charge in [-0.15, -0.1) is 0 Å². The third kappa shape index (κ3) is 2.68. The van der Waals surface area contributed by atoms with Crippen LogP contribution in [0.15, 0.2) is 0 Å². The molecule has 5 heteroatoms. The highest BCUT2D eigenvalue weighted by Gasteiger charge is 2.51. The molecular formula is C18H26N2O3. The second-order valence-electron chi connectivity index (χ2n) is 7.93. The van der Waals surface area contributed by atoms with E-state index < -0.39 is 6.04 Å². The Bertz CT molecular complexity index is 502. The van der Waals surface area contributed by atoms with Crippen LogP contribution < -0.4 is 5.32 Å². The van der Waals surface area contributed by atoms with Crippen molar-refractivity contribution in [1.29, 1.82) is 0 Å². The van der Waals surface area contributed by atoms with Crippen molar-refractivity contribution in [3.05, 3.63) is 0 Å². The third-order valence-electron chi connectivity index (χ3n) is 6.21. The minimum Gasteiger partial charge on any atom is -0.351 e. The number of nitrogens with one attached hydrogen (secondary N) is 1. The summed E-state index contributed by atoms with van der Waals surface area (Å²) in [6.45, 7) is 1.71. The summed E-state index contributed by atoms with van der Waals surface area (Å²) in [7, 11) is 0. The number of carbonyl (C=O) groups is 3. The van der Waals surface area contributed by atoms with Crippen molar-refractivity contribution in [3.63, 3.8) is 0 Å². The van der Waals surface area contributed by atoms with Crippen LogP contribution in [0.3, 0.4) is 0 Å². The van der Waals surface area contributed by atoms with Gasteiger partial charge < -0.3 is 5.32 Å². The number of hydrogen-bond donors (Lipinski definition) is 1. The summed E-state index contributed by atoms with van der Waals surface area (Å²) in [4.78, 5) is 39.1. The van der Waals surface area contributed by atoms with Gasteiger partial charge in [-0.1, -0.05) is 12.8 Å². The highest BCUT2D eigenvalue weighted by Crippen LogP contribution is 2.44. The van der Waals surface area contributed by atoms with Gasteiger partial charge in [-0.3, -0.25) is 19.3 Å². The first kappa shape index (κ1) is 15.2. The summed E-state index contributed by atoms with van der Waals surface area (Å²) < 4.78 is 0. The van der Waals surface area contributed by atoms with Crippen LogP contribution in [0.4, 0.5) is 0 Å². The first-order valence-electron chi connectivity index (χ1n) is 9.25. The Labute approximate surface area is 137 Å². The van der Waals surface area contributed by atoms with Crippen molar-refractivity contribution in [2.45, 2.75) is 70.4 Å². The van der Waals surface area contributed by atoms with Crippen molar-refractivity contribution >= 4 is 17.7 Å². The van der Waals surface area contributed by atoms with E-state index in [0.29, 0.717) is 11.8 Å². The van der Waals surface area contributed by atoms with Gasteiger partial charge in [0.25, 0.3) is 0 Å². The molecule has 4 aliphatic rings. The highest BCUT2D eigenvalue weighted by atomic mass is 16.2. The lowest BCUT2D eigenvalue weighted by Crippen LogP contribution is -2.51. The molecule has 3 aliphatic carbocycles. The Balaban J connectivity index is 1.45. The molecular weight excluding hydrogens is 292 g/mol. The molecule has 1 heterocycles. The molecule has 4 rings (SSSR count). The quantitative estimate of drug-likeness (QED) is 0.787. The van der Waals surface area contributed by atoms with E-state index in [1.807, 2.05) is 0 Å². The fourth-order valence-electron chi connectivity index (χ4n) is 4.50. The number of rotatable bonds is 5. The Morgan fingerprint density at radius 1 is 0.957 bits per heavy atom. The largest absolute Gasteiger partial charge is 0.351 e. The topological polar surface area (TPSA) is 66.5 Å². The molecule has 0 unspecified atom stereocenters. The summed E-state index contributed by atoms with van der Waals surface area (Å²) in [5, 5.41) is 3.15. The zero-order valence-corrected chi connectivity index (χ0v) is 13.8. The molecule has 23 heavy (non-hydrogen) atoms. The van der Waals surface area contributed by atoms with Crippen LogP contribution in [0.2, 0.25) is 0 Å². The van der Waals surface area contributed by atoms with Crippen molar-refractivity contribution < 1.29 is 14.4 Å². The van der Waals surface area contributed by atoms with E-state index in [2.05, 4.69) is 5.32 Å². The van der Waals surface area contributed by atoms with Gasteiger partial charge in [-0.2, -0.15) is 0 Å². The Hall–Kier alpha value is -1.39. The van der Waals surface area contributed by atoms with E-state index in [9.17, 15) is 14.4 Å². The van der Waals surface area contributed by atoms with Gasteiger partial charge in [0.05, 0.1) is 11.8 Å². The van der Waals surface area contributed by atoms with Gasteiger partial charge in [-0.05, 0) is 57.3 Å². The molecule has 4 fully saturated rings. The van der Waals surface area contributed by atoms with Gasteiger partial charge in [0, 0.05) is 6.04 Å². The van der Waals surface area contributed by atoms with E-state index >= 15 is 0 Å². The maximum absolute atomic E-state index is 12.6. The lowest BCUT2D eigenvalue weighted by Gasteiger charge is -2.25. The number of amides is 3. The summed E-state index contributed by atoms with van der Waals surface area (Å²) in [5.41, 5.74) is 0. The number of nitrogens with zero attached hydrogens (tertiary/aromatic N) is 1. The average Bonchev–Trinajstić information content (AvgIpc) is 3.45. The second kappa shape index (κ2) is 5.60. The Morgan fingerprint density at radius 3 is 1.87 bits per heavy atom. The normalized spacial score (nSPS) is 32.2. The van der Waals surface area contributed by atoms with Crippen LogP contribution in [0.5, 0.6) is 0 Å². The third-order valence-corrected chi connectivity index (χ3v) is 6.21. The fourth-order valence-corrected chi connectivity index (χ4v) is 4.50. The molecule has 126 valence electrons. The fraction of sp³-hybridized carbons (Fsp3) is 0.833. The molecule has 5 nitrogen and oxygen atoms in total. The van der Waals surface area contributed by atoms with Crippen molar-refractivity contribution in [2.24, 2.45) is 23.7 Å². The van der Waals surface area contributed by atoms with Gasteiger partial charge in [-0.25, -0.2) is 0 Å². The average molecular weight is 318 g/mol. The highest BCUT2D eigenvalue weighted by molar-refractivity contribution is 6.08. The molecule has 1 aliphatic heterocycles. The van der Waals surface area contributed by atoms with Gasteiger partial charge in [0.15, 0.2) is 0 Å². The SMILES string of the molecule is C[C@H](C(=O)NC(C1CC1)C1CC1)N1C(=O)[C@H]2CCCC[C@@H]2C1=O. The minimum atomic E-state index is -0.666. The zero-order chi connectivity index (χ0) is 16.1. The zero-order valence-electron chi connectivity index (χ0n) is 13.8. The first-order chi connectivity index (χ1) is 11.1. The summed E-state index contributed by atoms with van der Waals surface area (Å²) >= 11 is 0. The predicted octanol–water partition coefficient (Wildman–Crippen LogP) is 1.85. The standard InChI is InChI=1S/C18H26N2O3/c1-10(16(21)19-15(11-6-7-11)12-8-9-12)20-17(22)13-4-2-3-5-14(13)18(20)23/h10-15H,2-9H2,1H3,(H,19,21)/t10-,13+,14+/m1/s1. The van der Waals surface area contributed by atoms with Gasteiger partial charge >= 0.3 is 0 Å². The van der Waals surface area contributed by atoms with Crippen molar-refractivity contribution in [2.75, 3.05) is 0 Å². The molecule has 1 saturated heterocycles. The molecule has 0 aromatic carbocycles. The Morgan fingerprint density at radius 2 is 1.43 bits per heavy atom. The summed E-state index contributed by atoms with van der Waals surface area (Å²) in [6.07, 6.45) is 8.41. The Kier molecular flexibility index (Phi) is 3.69. The molecule has 3 amide bonds. The number of imide groups is 1. The minimum absolute atomic E-state index is 0.114. The van der Waals surface area contributed by atoms with E-state index in [0.717, 1.165) is 25.7 Å². The van der Waals surface area contributed by atoms with E-state index in [1.165, 1.54) is 30.6 Å². The molecule has 0 spiro atoms. The van der Waals surface area contributed by atoms with Crippen LogP contribution in [0, 0.1) is 23.7 Å². The van der Waals surface area contributed by atoms with Gasteiger partial charge in [0.1, 0.15) is 6.04 Å². The molecule has 1 N–H and O–H groups in total. The van der Waals surface area contributed by atoms with Crippen LogP contribution in [0.1, 0.15) is 58.3 Å². The number of likely N-dealkylation sites (tertiary alicyclic amines) is 1. The maximum atomic E-state index is 12.6. The van der Waals surface area contributed by atoms with Gasteiger partial charge in [0.2, 0.25) is 17.7 Å². The number of hydrogen-bond acceptors (Lipinski definition) is 3. The van der Waals surface area contributed by atoms with Crippen molar-refractivity contribution in [3.8, 4) is 0 Å².